The molecular weight excluding hydrogens is 232 g/mol. The number of carbonyl (C=O) groups is 1. The minimum absolute atomic E-state index is 0.237. The fourth-order valence-corrected chi connectivity index (χ4v) is 2.13. The van der Waals surface area contributed by atoms with Gasteiger partial charge in [-0.3, -0.25) is 14.7 Å². The van der Waals surface area contributed by atoms with Gasteiger partial charge in [-0.05, 0) is 19.9 Å². The van der Waals surface area contributed by atoms with Gasteiger partial charge in [-0.1, -0.05) is 0 Å². The van der Waals surface area contributed by atoms with Gasteiger partial charge in [-0.2, -0.15) is 0 Å². The van der Waals surface area contributed by atoms with Crippen LogP contribution in [0.1, 0.15) is 19.0 Å². The molecule has 1 aromatic heterocycles. The molecule has 98 valence electrons. The van der Waals surface area contributed by atoms with Crippen LogP contribution in [0.5, 0.6) is 0 Å². The number of nitrogens with zero attached hydrogens (tertiary/aromatic N) is 3. The van der Waals surface area contributed by atoms with Gasteiger partial charge in [-0.25, -0.2) is 10.8 Å². The molecule has 1 amide bonds. The number of carbonyl (C=O) groups excluding carboxylic acids is 1. The summed E-state index contributed by atoms with van der Waals surface area (Å²) < 4.78 is 0. The molecule has 2 heterocycles. The molecule has 0 bridgehead atoms. The van der Waals surface area contributed by atoms with Crippen molar-refractivity contribution < 1.29 is 4.79 Å². The zero-order chi connectivity index (χ0) is 13.2. The van der Waals surface area contributed by atoms with Gasteiger partial charge >= 0.3 is 0 Å². The number of hydrogen-bond donors (Lipinski definition) is 3. The maximum absolute atomic E-state index is 11.4. The Bertz CT molecular complexity index is 434. The summed E-state index contributed by atoms with van der Waals surface area (Å²) >= 11 is 0. The average Bonchev–Trinajstić information content (AvgIpc) is 2.73. The monoisotopic (exact) mass is 250 g/mol. The summed E-state index contributed by atoms with van der Waals surface area (Å²) in [5.74, 6) is 5.51. The Hall–Kier alpha value is -1.73. The molecule has 0 radical (unpaired) electrons. The number of amides is 1. The lowest BCUT2D eigenvalue weighted by Gasteiger charge is -2.20. The van der Waals surface area contributed by atoms with Crippen LogP contribution in [0.4, 0.5) is 5.82 Å². The molecule has 1 unspecified atom stereocenters. The first-order chi connectivity index (χ1) is 8.53. The first-order valence-corrected chi connectivity index (χ1v) is 5.83. The van der Waals surface area contributed by atoms with Gasteiger partial charge in [0.2, 0.25) is 5.91 Å². The van der Waals surface area contributed by atoms with E-state index in [2.05, 4.69) is 20.3 Å². The second-order valence-corrected chi connectivity index (χ2v) is 4.92. The van der Waals surface area contributed by atoms with Crippen LogP contribution in [0.15, 0.2) is 12.4 Å². The quantitative estimate of drug-likeness (QED) is 0.489. The highest BCUT2D eigenvalue weighted by Crippen LogP contribution is 2.30. The van der Waals surface area contributed by atoms with Crippen molar-refractivity contribution >= 4 is 11.7 Å². The molecule has 18 heavy (non-hydrogen) atoms. The van der Waals surface area contributed by atoms with Crippen molar-refractivity contribution in [2.24, 2.45) is 17.0 Å². The van der Waals surface area contributed by atoms with E-state index in [-0.39, 0.29) is 5.91 Å². The molecule has 0 aliphatic carbocycles. The number of nitrogens with one attached hydrogen (secondary N) is 1. The maximum atomic E-state index is 11.4. The van der Waals surface area contributed by atoms with E-state index in [1.807, 2.05) is 6.92 Å². The lowest BCUT2D eigenvalue weighted by atomic mass is 9.89. The fourth-order valence-electron chi connectivity index (χ4n) is 2.13. The lowest BCUT2D eigenvalue weighted by molar-refractivity contribution is -0.126. The molecule has 0 aromatic carbocycles. The second-order valence-electron chi connectivity index (χ2n) is 4.92. The second kappa shape index (κ2) is 4.87. The summed E-state index contributed by atoms with van der Waals surface area (Å²) in [5, 5.41) is 0. The summed E-state index contributed by atoms with van der Waals surface area (Å²) in [4.78, 5) is 21.8. The molecule has 1 aliphatic rings. The van der Waals surface area contributed by atoms with Gasteiger partial charge in [0, 0.05) is 13.1 Å². The number of hydrogen-bond acceptors (Lipinski definition) is 6. The standard InChI is InChI=1S/C11H18N6O/c1-11(10(12)18)2-3-17(7-11)6-8-4-15-9(16-13)5-14-8/h4-5H,2-3,6-7,13H2,1H3,(H2,12,18)(H,15,16). The van der Waals surface area contributed by atoms with E-state index in [9.17, 15) is 4.79 Å². The van der Waals surface area contributed by atoms with Crippen LogP contribution in [0.3, 0.4) is 0 Å². The molecule has 0 saturated carbocycles. The SMILES string of the molecule is CC1(C(N)=O)CCN(Cc2cnc(NN)cn2)C1. The van der Waals surface area contributed by atoms with E-state index in [0.29, 0.717) is 18.9 Å². The highest BCUT2D eigenvalue weighted by Gasteiger charge is 2.38. The summed E-state index contributed by atoms with van der Waals surface area (Å²) in [6.45, 7) is 4.09. The van der Waals surface area contributed by atoms with E-state index < -0.39 is 5.41 Å². The van der Waals surface area contributed by atoms with Gasteiger partial charge in [0.25, 0.3) is 0 Å². The van der Waals surface area contributed by atoms with Crippen molar-refractivity contribution in [2.45, 2.75) is 19.9 Å². The number of nitrogens with two attached hydrogens (primary N) is 2. The van der Waals surface area contributed by atoms with Gasteiger partial charge < -0.3 is 11.2 Å². The highest BCUT2D eigenvalue weighted by molar-refractivity contribution is 5.81. The minimum Gasteiger partial charge on any atom is -0.369 e. The van der Waals surface area contributed by atoms with E-state index in [1.165, 1.54) is 0 Å². The molecule has 7 heteroatoms. The number of primary amides is 1. The number of anilines is 1. The Morgan fingerprint density at radius 2 is 2.33 bits per heavy atom. The third-order valence-electron chi connectivity index (χ3n) is 3.39. The largest absolute Gasteiger partial charge is 0.369 e. The van der Waals surface area contributed by atoms with Crippen molar-refractivity contribution in [2.75, 3.05) is 18.5 Å². The van der Waals surface area contributed by atoms with Crippen LogP contribution < -0.4 is 17.0 Å². The molecule has 5 N–H and O–H groups in total. The van der Waals surface area contributed by atoms with E-state index in [1.54, 1.807) is 12.4 Å². The number of likely N-dealkylation sites (tertiary alicyclic amines) is 1. The molecule has 2 rings (SSSR count). The molecule has 1 atom stereocenters. The Balaban J connectivity index is 1.97. The van der Waals surface area contributed by atoms with E-state index >= 15 is 0 Å². The average molecular weight is 250 g/mol. The van der Waals surface area contributed by atoms with Crippen LogP contribution in [0.2, 0.25) is 0 Å². The molecule has 1 aromatic rings. The van der Waals surface area contributed by atoms with Crippen LogP contribution in [-0.2, 0) is 11.3 Å². The number of rotatable bonds is 4. The molecule has 1 aliphatic heterocycles. The number of nitrogen functional groups attached to an aromatic ring is 1. The minimum atomic E-state index is -0.424. The molecule has 0 spiro atoms. The van der Waals surface area contributed by atoms with Gasteiger partial charge in [0.05, 0.1) is 23.5 Å². The molecule has 1 fully saturated rings. The van der Waals surface area contributed by atoms with Crippen LogP contribution in [0.25, 0.3) is 0 Å². The fraction of sp³-hybridized carbons (Fsp3) is 0.545. The van der Waals surface area contributed by atoms with Crippen LogP contribution in [0, 0.1) is 5.41 Å². The van der Waals surface area contributed by atoms with E-state index in [4.69, 9.17) is 11.6 Å². The van der Waals surface area contributed by atoms with Gasteiger partial charge in [0.1, 0.15) is 0 Å². The highest BCUT2D eigenvalue weighted by atomic mass is 16.1. The predicted molar refractivity (Wildman–Crippen MR) is 67.0 cm³/mol. The van der Waals surface area contributed by atoms with Crippen molar-refractivity contribution in [3.63, 3.8) is 0 Å². The lowest BCUT2D eigenvalue weighted by Crippen LogP contribution is -2.37. The van der Waals surface area contributed by atoms with Crippen LogP contribution >= 0.6 is 0 Å². The number of aromatic nitrogens is 2. The molecular formula is C11H18N6O. The molecule has 1 saturated heterocycles. The summed E-state index contributed by atoms with van der Waals surface area (Å²) in [5.41, 5.74) is 8.26. The summed E-state index contributed by atoms with van der Waals surface area (Å²) in [6, 6.07) is 0. The van der Waals surface area contributed by atoms with Gasteiger partial charge in [0.15, 0.2) is 5.82 Å². The summed E-state index contributed by atoms with van der Waals surface area (Å²) in [6.07, 6.45) is 4.05. The third kappa shape index (κ3) is 2.57. The van der Waals surface area contributed by atoms with Crippen molar-refractivity contribution in [1.29, 1.82) is 0 Å². The third-order valence-corrected chi connectivity index (χ3v) is 3.39. The van der Waals surface area contributed by atoms with Crippen molar-refractivity contribution in [3.05, 3.63) is 18.1 Å². The maximum Gasteiger partial charge on any atom is 0.224 e. The zero-order valence-electron chi connectivity index (χ0n) is 10.4. The smallest absolute Gasteiger partial charge is 0.224 e. The normalized spacial score (nSPS) is 24.1. The van der Waals surface area contributed by atoms with Crippen LogP contribution in [-0.4, -0.2) is 33.9 Å². The van der Waals surface area contributed by atoms with Crippen molar-refractivity contribution in [3.8, 4) is 0 Å². The number of hydrazine groups is 1. The topological polar surface area (TPSA) is 110 Å². The first kappa shape index (κ1) is 12.7. The van der Waals surface area contributed by atoms with Gasteiger partial charge in [-0.15, -0.1) is 0 Å². The van der Waals surface area contributed by atoms with Crippen molar-refractivity contribution in [1.82, 2.24) is 14.9 Å². The molecule has 7 nitrogen and oxygen atoms in total. The Kier molecular flexibility index (Phi) is 3.44. The Morgan fingerprint density at radius 3 is 2.83 bits per heavy atom. The first-order valence-electron chi connectivity index (χ1n) is 5.83. The van der Waals surface area contributed by atoms with E-state index in [0.717, 1.165) is 18.7 Å². The Labute approximate surface area is 106 Å². The zero-order valence-corrected chi connectivity index (χ0v) is 10.4. The predicted octanol–water partition coefficient (Wildman–Crippen LogP) is -0.540. The Morgan fingerprint density at radius 1 is 1.56 bits per heavy atom. The summed E-state index contributed by atoms with van der Waals surface area (Å²) in [7, 11) is 0.